The summed E-state index contributed by atoms with van der Waals surface area (Å²) < 4.78 is 38.7. The summed E-state index contributed by atoms with van der Waals surface area (Å²) in [7, 11) is -3.85. The highest BCUT2D eigenvalue weighted by Crippen LogP contribution is 2.28. The number of sulfonamides is 1. The van der Waals surface area contributed by atoms with Crippen LogP contribution in [-0.4, -0.2) is 39.7 Å². The molecule has 0 bridgehead atoms. The molecule has 25 heavy (non-hydrogen) atoms. The molecule has 1 heterocycles. The molecule has 0 aromatic heterocycles. The summed E-state index contributed by atoms with van der Waals surface area (Å²) in [5.74, 6) is -0.875. The fourth-order valence-electron chi connectivity index (χ4n) is 2.95. The van der Waals surface area contributed by atoms with E-state index in [1.54, 1.807) is 25.1 Å². The molecule has 0 amide bonds. The van der Waals surface area contributed by atoms with Crippen molar-refractivity contribution in [3.8, 4) is 0 Å². The molecule has 6 nitrogen and oxygen atoms in total. The number of ether oxygens (including phenoxy) is 2. The Morgan fingerprint density at radius 3 is 2.72 bits per heavy atom. The largest absolute Gasteiger partial charge is 0.465 e. The third-order valence-electron chi connectivity index (χ3n) is 4.24. The normalized spacial score (nSPS) is 21.7. The van der Waals surface area contributed by atoms with Crippen LogP contribution in [0.3, 0.4) is 0 Å². The van der Waals surface area contributed by atoms with E-state index >= 15 is 0 Å². The van der Waals surface area contributed by atoms with E-state index < -0.39 is 22.0 Å². The number of rotatable bonds is 8. The zero-order valence-corrected chi connectivity index (χ0v) is 15.4. The molecule has 138 valence electrons. The summed E-state index contributed by atoms with van der Waals surface area (Å²) >= 11 is 0. The summed E-state index contributed by atoms with van der Waals surface area (Å²) in [6, 6.07) is 5.48. The van der Waals surface area contributed by atoms with Crippen molar-refractivity contribution in [1.29, 1.82) is 0 Å². The van der Waals surface area contributed by atoms with Gasteiger partial charge >= 0.3 is 5.97 Å². The quantitative estimate of drug-likeness (QED) is 0.563. The number of nitrogens with one attached hydrogen (secondary N) is 1. The zero-order chi connectivity index (χ0) is 18.4. The third kappa shape index (κ3) is 4.90. The van der Waals surface area contributed by atoms with Crippen molar-refractivity contribution in [1.82, 2.24) is 4.72 Å². The van der Waals surface area contributed by atoms with Crippen LogP contribution >= 0.6 is 0 Å². The van der Waals surface area contributed by atoms with Crippen molar-refractivity contribution in [2.75, 3.05) is 13.2 Å². The lowest BCUT2D eigenvalue weighted by molar-refractivity contribution is -0.147. The van der Waals surface area contributed by atoms with E-state index in [-0.39, 0.29) is 23.5 Å². The number of hydrogen-bond acceptors (Lipinski definition) is 5. The maximum atomic E-state index is 12.7. The molecular weight excluding hydrogens is 342 g/mol. The molecule has 1 saturated heterocycles. The van der Waals surface area contributed by atoms with Gasteiger partial charge in [-0.15, -0.1) is 6.58 Å². The highest BCUT2D eigenvalue weighted by atomic mass is 32.2. The monoisotopic (exact) mass is 367 g/mol. The van der Waals surface area contributed by atoms with Crippen molar-refractivity contribution in [3.63, 3.8) is 0 Å². The van der Waals surface area contributed by atoms with E-state index in [1.807, 2.05) is 6.92 Å². The van der Waals surface area contributed by atoms with Gasteiger partial charge in [0, 0.05) is 12.5 Å². The number of hydrogen-bond donors (Lipinski definition) is 1. The molecule has 7 heteroatoms. The van der Waals surface area contributed by atoms with Crippen molar-refractivity contribution < 1.29 is 22.7 Å². The van der Waals surface area contributed by atoms with Gasteiger partial charge in [-0.2, -0.15) is 4.72 Å². The van der Waals surface area contributed by atoms with E-state index in [1.165, 1.54) is 12.1 Å². The average molecular weight is 367 g/mol. The predicted molar refractivity (Wildman–Crippen MR) is 94.6 cm³/mol. The first kappa shape index (κ1) is 19.6. The Labute approximate surface area is 149 Å². The van der Waals surface area contributed by atoms with Gasteiger partial charge in [0.15, 0.2) is 0 Å². The Bertz CT molecular complexity index is 699. The van der Waals surface area contributed by atoms with Crippen LogP contribution in [0, 0.1) is 12.8 Å². The summed E-state index contributed by atoms with van der Waals surface area (Å²) in [6.07, 6.45) is 2.58. The van der Waals surface area contributed by atoms with Crippen LogP contribution < -0.4 is 4.72 Å². The number of carbonyl (C=O) groups is 1. The van der Waals surface area contributed by atoms with Gasteiger partial charge in [-0.3, -0.25) is 4.79 Å². The average Bonchev–Trinajstić information content (AvgIpc) is 3.01. The van der Waals surface area contributed by atoms with Crippen LogP contribution in [0.2, 0.25) is 0 Å². The maximum Gasteiger partial charge on any atom is 0.324 e. The summed E-state index contributed by atoms with van der Waals surface area (Å²) in [6.45, 7) is 7.92. The predicted octanol–water partition coefficient (Wildman–Crippen LogP) is 2.19. The van der Waals surface area contributed by atoms with Crippen LogP contribution in [0.25, 0.3) is 0 Å². The molecule has 1 unspecified atom stereocenters. The molecular formula is C18H25NO5S. The fourth-order valence-corrected chi connectivity index (χ4v) is 4.18. The van der Waals surface area contributed by atoms with Crippen molar-refractivity contribution in [2.24, 2.45) is 5.92 Å². The van der Waals surface area contributed by atoms with Gasteiger partial charge in [0.2, 0.25) is 10.0 Å². The standard InChI is InChI=1S/C18H25NO5S/c1-4-6-16-15(11-12-24-16)17(18(20)23-5-2)19-25(21,22)14-9-7-13(3)8-10-14/h4,7-10,15-17,19H,1,5-6,11-12H2,2-3H3/t15-,16-,17?/m1/s1. The molecule has 1 aromatic rings. The molecule has 0 spiro atoms. The molecule has 0 saturated carbocycles. The van der Waals surface area contributed by atoms with Crippen LogP contribution in [0.1, 0.15) is 25.3 Å². The van der Waals surface area contributed by atoms with Crippen LogP contribution in [0.4, 0.5) is 0 Å². The highest BCUT2D eigenvalue weighted by molar-refractivity contribution is 7.89. The third-order valence-corrected chi connectivity index (χ3v) is 5.70. The first-order valence-corrected chi connectivity index (χ1v) is 9.85. The van der Waals surface area contributed by atoms with Gasteiger partial charge in [0.05, 0.1) is 17.6 Å². The highest BCUT2D eigenvalue weighted by Gasteiger charge is 2.41. The first-order valence-electron chi connectivity index (χ1n) is 8.37. The van der Waals surface area contributed by atoms with Crippen molar-refractivity contribution in [2.45, 2.75) is 43.7 Å². The Morgan fingerprint density at radius 1 is 1.44 bits per heavy atom. The SMILES string of the molecule is C=CC[C@H]1OCC[C@H]1C(NS(=O)(=O)c1ccc(C)cc1)C(=O)OCC. The second kappa shape index (κ2) is 8.60. The molecule has 1 aliphatic rings. The lowest BCUT2D eigenvalue weighted by Crippen LogP contribution is -2.49. The summed E-state index contributed by atoms with van der Waals surface area (Å²) in [5.41, 5.74) is 0.955. The number of esters is 1. The van der Waals surface area contributed by atoms with Gasteiger partial charge in [-0.1, -0.05) is 23.8 Å². The first-order chi connectivity index (χ1) is 11.9. The van der Waals surface area contributed by atoms with Crippen molar-refractivity contribution >= 4 is 16.0 Å². The molecule has 2 rings (SSSR count). The lowest BCUT2D eigenvalue weighted by Gasteiger charge is -2.26. The zero-order valence-electron chi connectivity index (χ0n) is 14.6. The Morgan fingerprint density at radius 2 is 2.12 bits per heavy atom. The van der Waals surface area contributed by atoms with Crippen LogP contribution in [0.15, 0.2) is 41.8 Å². The minimum atomic E-state index is -3.85. The molecule has 1 aromatic carbocycles. The van der Waals surface area contributed by atoms with E-state index in [0.717, 1.165) is 5.56 Å². The second-order valence-corrected chi connectivity index (χ2v) is 7.76. The Hall–Kier alpha value is -1.70. The number of aryl methyl sites for hydroxylation is 1. The fraction of sp³-hybridized carbons (Fsp3) is 0.500. The van der Waals surface area contributed by atoms with Gasteiger partial charge in [0.1, 0.15) is 6.04 Å². The minimum absolute atomic E-state index is 0.117. The van der Waals surface area contributed by atoms with Gasteiger partial charge in [-0.05, 0) is 38.8 Å². The number of carbonyl (C=O) groups excluding carboxylic acids is 1. The Balaban J connectivity index is 2.27. The molecule has 1 N–H and O–H groups in total. The maximum absolute atomic E-state index is 12.7. The molecule has 3 atom stereocenters. The summed E-state index contributed by atoms with van der Waals surface area (Å²) in [5, 5.41) is 0. The molecule has 1 fully saturated rings. The Kier molecular flexibility index (Phi) is 6.75. The van der Waals surface area contributed by atoms with Crippen LogP contribution in [-0.2, 0) is 24.3 Å². The minimum Gasteiger partial charge on any atom is -0.465 e. The second-order valence-electron chi connectivity index (χ2n) is 6.05. The molecule has 0 aliphatic carbocycles. The molecule has 1 aliphatic heterocycles. The van der Waals surface area contributed by atoms with E-state index in [0.29, 0.717) is 19.4 Å². The van der Waals surface area contributed by atoms with Crippen molar-refractivity contribution in [3.05, 3.63) is 42.5 Å². The van der Waals surface area contributed by atoms with E-state index in [9.17, 15) is 13.2 Å². The van der Waals surface area contributed by atoms with Gasteiger partial charge < -0.3 is 9.47 Å². The number of benzene rings is 1. The molecule has 0 radical (unpaired) electrons. The smallest absolute Gasteiger partial charge is 0.324 e. The van der Waals surface area contributed by atoms with Gasteiger partial charge in [-0.25, -0.2) is 8.42 Å². The summed E-state index contributed by atoms with van der Waals surface area (Å²) in [4.78, 5) is 12.5. The van der Waals surface area contributed by atoms with E-state index in [2.05, 4.69) is 11.3 Å². The van der Waals surface area contributed by atoms with Crippen LogP contribution in [0.5, 0.6) is 0 Å². The lowest BCUT2D eigenvalue weighted by atomic mass is 9.91. The van der Waals surface area contributed by atoms with Gasteiger partial charge in [0.25, 0.3) is 0 Å². The van der Waals surface area contributed by atoms with E-state index in [4.69, 9.17) is 9.47 Å². The topological polar surface area (TPSA) is 81.7 Å².